The Kier molecular flexibility index (Phi) is 4.40. The van der Waals surface area contributed by atoms with Gasteiger partial charge in [0.05, 0.1) is 12.0 Å². The highest BCUT2D eigenvalue weighted by Crippen LogP contribution is 2.52. The molecule has 120 valence electrons. The van der Waals surface area contributed by atoms with Crippen LogP contribution in [-0.2, 0) is 14.3 Å². The van der Waals surface area contributed by atoms with E-state index in [1.54, 1.807) is 11.0 Å². The third-order valence-corrected chi connectivity index (χ3v) is 5.56. The van der Waals surface area contributed by atoms with Crippen molar-refractivity contribution in [2.24, 2.45) is 11.8 Å². The zero-order chi connectivity index (χ0) is 15.9. The van der Waals surface area contributed by atoms with Gasteiger partial charge < -0.3 is 9.64 Å². The van der Waals surface area contributed by atoms with Gasteiger partial charge in [0.2, 0.25) is 5.91 Å². The average Bonchev–Trinajstić information content (AvgIpc) is 2.62. The van der Waals surface area contributed by atoms with E-state index in [0.29, 0.717) is 11.6 Å². The molecular weight excluding hydrogens is 297 g/mol. The quantitative estimate of drug-likeness (QED) is 0.346. The maximum Gasteiger partial charge on any atom is 0.355 e. The number of β-lactam (4-membered cyclic amide) rings is 1. The van der Waals surface area contributed by atoms with E-state index in [1.165, 1.54) is 12.8 Å². The Hall–Kier alpha value is -1.15. The molecule has 5 heteroatoms. The van der Waals surface area contributed by atoms with Crippen LogP contribution >= 0.6 is 9.24 Å². The van der Waals surface area contributed by atoms with Gasteiger partial charge >= 0.3 is 5.97 Å². The van der Waals surface area contributed by atoms with Crippen LogP contribution in [0.5, 0.6) is 0 Å². The number of carbonyl (C=O) groups excluding carboxylic acids is 2. The number of hydrogen-bond acceptors (Lipinski definition) is 3. The summed E-state index contributed by atoms with van der Waals surface area (Å²) >= 11 is 0. The molecule has 3 aliphatic rings. The summed E-state index contributed by atoms with van der Waals surface area (Å²) < 4.78 is 5.25. The Labute approximate surface area is 134 Å². The molecule has 1 saturated heterocycles. The highest BCUT2D eigenvalue weighted by molar-refractivity contribution is 7.17. The van der Waals surface area contributed by atoms with Crippen LogP contribution in [0, 0.1) is 11.8 Å². The highest BCUT2D eigenvalue weighted by Gasteiger charge is 2.60. The maximum atomic E-state index is 12.6. The minimum absolute atomic E-state index is 0.0211. The molecule has 0 spiro atoms. The van der Waals surface area contributed by atoms with Crippen molar-refractivity contribution in [3.05, 3.63) is 23.9 Å². The summed E-state index contributed by atoms with van der Waals surface area (Å²) in [6.45, 7) is 5.83. The molecule has 22 heavy (non-hydrogen) atoms. The molecule has 2 fully saturated rings. The molecule has 0 radical (unpaired) electrons. The number of amides is 1. The van der Waals surface area contributed by atoms with E-state index >= 15 is 0 Å². The maximum absolute atomic E-state index is 12.6. The first-order valence-corrected chi connectivity index (χ1v) is 8.84. The van der Waals surface area contributed by atoms with Crippen molar-refractivity contribution in [2.45, 2.75) is 50.7 Å². The SMILES string of the molecule is C=CCOC(=O)C1=C2CCCCC[C@@H]2C2[C@@H](C(C)P)C(=O)N12. The van der Waals surface area contributed by atoms with E-state index in [2.05, 4.69) is 22.7 Å². The van der Waals surface area contributed by atoms with Gasteiger partial charge in [0.15, 0.2) is 0 Å². The molecule has 0 aromatic carbocycles. The van der Waals surface area contributed by atoms with Crippen LogP contribution < -0.4 is 0 Å². The van der Waals surface area contributed by atoms with Crippen molar-refractivity contribution >= 4 is 21.1 Å². The van der Waals surface area contributed by atoms with Crippen LogP contribution in [0.2, 0.25) is 0 Å². The monoisotopic (exact) mass is 321 g/mol. The summed E-state index contributed by atoms with van der Waals surface area (Å²) in [7, 11) is 2.75. The number of ether oxygens (including phenoxy) is 1. The summed E-state index contributed by atoms with van der Waals surface area (Å²) in [4.78, 5) is 26.7. The second-order valence-electron chi connectivity index (χ2n) is 6.55. The van der Waals surface area contributed by atoms with Gasteiger partial charge in [-0.15, -0.1) is 9.24 Å². The van der Waals surface area contributed by atoms with Crippen LogP contribution in [0.1, 0.15) is 39.0 Å². The first-order valence-electron chi connectivity index (χ1n) is 8.17. The molecule has 0 aromatic heterocycles. The van der Waals surface area contributed by atoms with E-state index in [1.807, 2.05) is 0 Å². The van der Waals surface area contributed by atoms with Gasteiger partial charge in [0.25, 0.3) is 0 Å². The molecule has 0 N–H and O–H groups in total. The molecule has 2 heterocycles. The van der Waals surface area contributed by atoms with E-state index in [0.717, 1.165) is 24.8 Å². The van der Waals surface area contributed by atoms with E-state index in [-0.39, 0.29) is 36.1 Å². The summed E-state index contributed by atoms with van der Waals surface area (Å²) in [5, 5.41) is 0. The van der Waals surface area contributed by atoms with Crippen LogP contribution in [0.3, 0.4) is 0 Å². The van der Waals surface area contributed by atoms with Crippen LogP contribution in [0.25, 0.3) is 0 Å². The van der Waals surface area contributed by atoms with Gasteiger partial charge in [-0.25, -0.2) is 4.79 Å². The molecule has 1 saturated carbocycles. The number of carbonyl (C=O) groups is 2. The molecular formula is C17H24NO3P. The number of nitrogens with zero attached hydrogens (tertiary/aromatic N) is 1. The molecule has 5 atom stereocenters. The fourth-order valence-corrected chi connectivity index (χ4v) is 4.62. The second kappa shape index (κ2) is 6.16. The third kappa shape index (κ3) is 2.32. The largest absolute Gasteiger partial charge is 0.457 e. The smallest absolute Gasteiger partial charge is 0.355 e. The van der Waals surface area contributed by atoms with E-state index in [9.17, 15) is 9.59 Å². The lowest BCUT2D eigenvalue weighted by Gasteiger charge is -2.47. The lowest BCUT2D eigenvalue weighted by Crippen LogP contribution is -2.63. The predicted octanol–water partition coefficient (Wildman–Crippen LogP) is 2.65. The van der Waals surface area contributed by atoms with Gasteiger partial charge in [-0.1, -0.05) is 32.4 Å². The van der Waals surface area contributed by atoms with Gasteiger partial charge in [-0.3, -0.25) is 4.79 Å². The number of rotatable bonds is 4. The van der Waals surface area contributed by atoms with E-state index in [4.69, 9.17) is 4.74 Å². The Morgan fingerprint density at radius 3 is 2.95 bits per heavy atom. The van der Waals surface area contributed by atoms with Crippen molar-refractivity contribution in [1.82, 2.24) is 4.90 Å². The van der Waals surface area contributed by atoms with Gasteiger partial charge in [-0.2, -0.15) is 0 Å². The molecule has 3 rings (SSSR count). The second-order valence-corrected chi connectivity index (χ2v) is 7.60. The lowest BCUT2D eigenvalue weighted by molar-refractivity contribution is -0.157. The molecule has 2 aliphatic heterocycles. The van der Waals surface area contributed by atoms with Gasteiger partial charge in [0, 0.05) is 5.92 Å². The normalized spacial score (nSPS) is 31.8. The van der Waals surface area contributed by atoms with Crippen LogP contribution in [0.4, 0.5) is 0 Å². The summed E-state index contributed by atoms with van der Waals surface area (Å²) in [5.41, 5.74) is 1.95. The average molecular weight is 321 g/mol. The first kappa shape index (κ1) is 15.7. The Balaban J connectivity index is 1.94. The molecule has 3 unspecified atom stereocenters. The predicted molar refractivity (Wildman–Crippen MR) is 88.1 cm³/mol. The molecule has 1 amide bonds. The zero-order valence-corrected chi connectivity index (χ0v) is 14.2. The Bertz CT molecular complexity index is 540. The fourth-order valence-electron chi connectivity index (χ4n) is 4.23. The number of hydrogen-bond donors (Lipinski definition) is 0. The minimum atomic E-state index is -0.354. The molecule has 0 aromatic rings. The zero-order valence-electron chi connectivity index (χ0n) is 13.1. The van der Waals surface area contributed by atoms with Crippen molar-refractivity contribution in [3.63, 3.8) is 0 Å². The van der Waals surface area contributed by atoms with Crippen molar-refractivity contribution in [2.75, 3.05) is 6.61 Å². The topological polar surface area (TPSA) is 46.6 Å². The van der Waals surface area contributed by atoms with Crippen molar-refractivity contribution in [3.8, 4) is 0 Å². The van der Waals surface area contributed by atoms with Crippen molar-refractivity contribution < 1.29 is 14.3 Å². The Morgan fingerprint density at radius 2 is 2.27 bits per heavy atom. The standard InChI is InChI=1S/C17H24NO3P/c1-3-9-21-17(20)15-12-8-6-4-5-7-11(12)14-13(10(2)22)16(19)18(14)15/h3,10-11,13-14H,1,4-9,22H2,2H3/t10?,11-,13+,14?/m0/s1. The van der Waals surface area contributed by atoms with Crippen LogP contribution in [0.15, 0.2) is 23.9 Å². The third-order valence-electron chi connectivity index (χ3n) is 5.15. The number of esters is 1. The Morgan fingerprint density at radius 1 is 1.50 bits per heavy atom. The first-order chi connectivity index (χ1) is 10.6. The molecule has 0 bridgehead atoms. The highest BCUT2D eigenvalue weighted by atomic mass is 31.0. The minimum Gasteiger partial charge on any atom is -0.457 e. The van der Waals surface area contributed by atoms with Gasteiger partial charge in [-0.05, 0) is 30.5 Å². The summed E-state index contributed by atoms with van der Waals surface area (Å²) in [6, 6.07) is 0.166. The fraction of sp³-hybridized carbons (Fsp3) is 0.647. The molecule has 1 aliphatic carbocycles. The van der Waals surface area contributed by atoms with E-state index < -0.39 is 0 Å². The molecule has 4 nitrogen and oxygen atoms in total. The van der Waals surface area contributed by atoms with Crippen molar-refractivity contribution in [1.29, 1.82) is 0 Å². The summed E-state index contributed by atoms with van der Waals surface area (Å²) in [5.74, 6) is 0.0958. The summed E-state index contributed by atoms with van der Waals surface area (Å²) in [6.07, 6.45) is 7.04. The number of fused-ring (bicyclic) bond motifs is 3. The van der Waals surface area contributed by atoms with Gasteiger partial charge in [0.1, 0.15) is 12.3 Å². The van der Waals surface area contributed by atoms with Crippen LogP contribution in [-0.4, -0.2) is 35.1 Å². The lowest BCUT2D eigenvalue weighted by atomic mass is 9.76.